The van der Waals surface area contributed by atoms with Crippen molar-refractivity contribution in [2.75, 3.05) is 16.4 Å². The minimum absolute atomic E-state index is 0.0558. The third-order valence-electron chi connectivity index (χ3n) is 4.62. The molecule has 1 aromatic carbocycles. The van der Waals surface area contributed by atoms with Gasteiger partial charge >= 0.3 is 0 Å². The molecule has 1 saturated carbocycles. The Labute approximate surface area is 120 Å². The number of hydrogen-bond acceptors (Lipinski definition) is 3. The molecule has 0 radical (unpaired) electrons. The van der Waals surface area contributed by atoms with Crippen LogP contribution in [0, 0.1) is 5.92 Å². The number of rotatable bonds is 3. The molecule has 0 spiro atoms. The molecule has 108 valence electrons. The molecule has 0 bridgehead atoms. The fourth-order valence-electron chi connectivity index (χ4n) is 3.43. The highest BCUT2D eigenvalue weighted by atomic mass is 16.1. The molecule has 4 N–H and O–H groups in total. The summed E-state index contributed by atoms with van der Waals surface area (Å²) < 4.78 is 0. The van der Waals surface area contributed by atoms with E-state index in [1.54, 1.807) is 0 Å². The number of nitrogens with one attached hydrogen (secondary N) is 2. The summed E-state index contributed by atoms with van der Waals surface area (Å²) >= 11 is 0. The Balaban J connectivity index is 1.74. The Morgan fingerprint density at radius 1 is 1.40 bits per heavy atom. The molecule has 1 heterocycles. The van der Waals surface area contributed by atoms with Crippen LogP contribution in [0.1, 0.15) is 44.6 Å². The van der Waals surface area contributed by atoms with Crippen molar-refractivity contribution in [1.82, 2.24) is 0 Å². The molecular weight excluding hydrogens is 250 g/mol. The number of hydrogen-bond donors (Lipinski definition) is 3. The Bertz CT molecular complexity index is 527. The second-order valence-corrected chi connectivity index (χ2v) is 6.10. The third-order valence-corrected chi connectivity index (χ3v) is 4.62. The summed E-state index contributed by atoms with van der Waals surface area (Å²) in [5.41, 5.74) is 9.76. The topological polar surface area (TPSA) is 67.1 Å². The monoisotopic (exact) mass is 273 g/mol. The van der Waals surface area contributed by atoms with Crippen molar-refractivity contribution in [3.8, 4) is 0 Å². The van der Waals surface area contributed by atoms with Crippen molar-refractivity contribution < 1.29 is 4.79 Å². The van der Waals surface area contributed by atoms with Crippen LogP contribution in [0.15, 0.2) is 12.1 Å². The summed E-state index contributed by atoms with van der Waals surface area (Å²) in [7, 11) is 0. The van der Waals surface area contributed by atoms with Gasteiger partial charge in [-0.2, -0.15) is 0 Å². The Kier molecular flexibility index (Phi) is 3.55. The molecule has 1 fully saturated rings. The van der Waals surface area contributed by atoms with Crippen LogP contribution in [0.5, 0.6) is 0 Å². The predicted molar refractivity (Wildman–Crippen MR) is 82.8 cm³/mol. The van der Waals surface area contributed by atoms with E-state index in [1.165, 1.54) is 32.1 Å². The van der Waals surface area contributed by atoms with Gasteiger partial charge in [0, 0.05) is 11.7 Å². The zero-order chi connectivity index (χ0) is 14.1. The second kappa shape index (κ2) is 5.35. The number of anilines is 3. The molecule has 1 aliphatic heterocycles. The Hall–Kier alpha value is -1.71. The summed E-state index contributed by atoms with van der Waals surface area (Å²) in [6.07, 6.45) is 6.77. The van der Waals surface area contributed by atoms with Gasteiger partial charge in [-0.3, -0.25) is 4.79 Å². The SMILES string of the molecule is CCC1CCCC(Nc2cc3c(cc2N)CC(=O)N3)C1. The average Bonchev–Trinajstić information content (AvgIpc) is 2.78. The average molecular weight is 273 g/mol. The lowest BCUT2D eigenvalue weighted by atomic mass is 9.84. The number of benzene rings is 1. The highest BCUT2D eigenvalue weighted by Crippen LogP contribution is 2.34. The Morgan fingerprint density at radius 3 is 3.05 bits per heavy atom. The van der Waals surface area contributed by atoms with Gasteiger partial charge in [0.05, 0.1) is 17.8 Å². The fourth-order valence-corrected chi connectivity index (χ4v) is 3.43. The van der Waals surface area contributed by atoms with E-state index in [2.05, 4.69) is 17.6 Å². The predicted octanol–water partition coefficient (Wildman–Crippen LogP) is 3.14. The highest BCUT2D eigenvalue weighted by Gasteiger charge is 2.23. The van der Waals surface area contributed by atoms with Crippen LogP contribution >= 0.6 is 0 Å². The molecule has 3 rings (SSSR count). The molecule has 1 amide bonds. The van der Waals surface area contributed by atoms with Gasteiger partial charge in [0.1, 0.15) is 0 Å². The van der Waals surface area contributed by atoms with Crippen LogP contribution in [-0.4, -0.2) is 11.9 Å². The molecule has 2 aliphatic rings. The maximum absolute atomic E-state index is 11.4. The van der Waals surface area contributed by atoms with E-state index in [9.17, 15) is 4.79 Å². The van der Waals surface area contributed by atoms with Gasteiger partial charge in [-0.05, 0) is 36.5 Å². The van der Waals surface area contributed by atoms with Gasteiger partial charge in [0.2, 0.25) is 5.91 Å². The number of nitrogen functional groups attached to an aromatic ring is 1. The molecule has 1 aliphatic carbocycles. The van der Waals surface area contributed by atoms with Crippen molar-refractivity contribution in [2.45, 2.75) is 51.5 Å². The lowest BCUT2D eigenvalue weighted by Gasteiger charge is -2.30. The normalized spacial score (nSPS) is 25.1. The quantitative estimate of drug-likeness (QED) is 0.741. The first-order valence-electron chi connectivity index (χ1n) is 7.64. The number of carbonyl (C=O) groups excluding carboxylic acids is 1. The first-order chi connectivity index (χ1) is 9.65. The van der Waals surface area contributed by atoms with E-state index in [0.717, 1.165) is 28.5 Å². The molecule has 0 saturated heterocycles. The van der Waals surface area contributed by atoms with E-state index in [-0.39, 0.29) is 5.91 Å². The van der Waals surface area contributed by atoms with Crippen LogP contribution in [0.3, 0.4) is 0 Å². The number of fused-ring (bicyclic) bond motifs is 1. The maximum atomic E-state index is 11.4. The summed E-state index contributed by atoms with van der Waals surface area (Å²) in [6, 6.07) is 4.42. The van der Waals surface area contributed by atoms with Crippen LogP contribution in [-0.2, 0) is 11.2 Å². The zero-order valence-corrected chi connectivity index (χ0v) is 12.0. The van der Waals surface area contributed by atoms with Crippen LogP contribution in [0.2, 0.25) is 0 Å². The standard InChI is InChI=1S/C16H23N3O/c1-2-10-4-3-5-12(6-10)18-15-9-14-11(7-13(15)17)8-16(20)19-14/h7,9-10,12,18H,2-6,8,17H2,1H3,(H,19,20). The largest absolute Gasteiger partial charge is 0.397 e. The van der Waals surface area contributed by atoms with Crippen molar-refractivity contribution in [2.24, 2.45) is 5.92 Å². The zero-order valence-electron chi connectivity index (χ0n) is 12.0. The first kappa shape index (κ1) is 13.3. The lowest BCUT2D eigenvalue weighted by Crippen LogP contribution is -2.27. The molecule has 4 nitrogen and oxygen atoms in total. The minimum atomic E-state index is 0.0558. The van der Waals surface area contributed by atoms with E-state index >= 15 is 0 Å². The van der Waals surface area contributed by atoms with Gasteiger partial charge in [0.25, 0.3) is 0 Å². The van der Waals surface area contributed by atoms with E-state index in [4.69, 9.17) is 5.73 Å². The maximum Gasteiger partial charge on any atom is 0.228 e. The van der Waals surface area contributed by atoms with Crippen LogP contribution in [0.25, 0.3) is 0 Å². The van der Waals surface area contributed by atoms with Crippen molar-refractivity contribution >= 4 is 23.0 Å². The van der Waals surface area contributed by atoms with Crippen LogP contribution < -0.4 is 16.4 Å². The molecule has 1 aromatic rings. The van der Waals surface area contributed by atoms with E-state index in [0.29, 0.717) is 12.5 Å². The smallest absolute Gasteiger partial charge is 0.228 e. The second-order valence-electron chi connectivity index (χ2n) is 6.10. The van der Waals surface area contributed by atoms with Gasteiger partial charge in [-0.25, -0.2) is 0 Å². The van der Waals surface area contributed by atoms with Crippen LogP contribution in [0.4, 0.5) is 17.1 Å². The van der Waals surface area contributed by atoms with Crippen molar-refractivity contribution in [3.63, 3.8) is 0 Å². The molecule has 2 unspecified atom stereocenters. The molecule has 2 atom stereocenters. The molecule has 4 heteroatoms. The first-order valence-corrected chi connectivity index (χ1v) is 7.64. The summed E-state index contributed by atoms with van der Waals surface area (Å²) in [6.45, 7) is 2.27. The molecule has 0 aromatic heterocycles. The van der Waals surface area contributed by atoms with E-state index < -0.39 is 0 Å². The molecule has 20 heavy (non-hydrogen) atoms. The lowest BCUT2D eigenvalue weighted by molar-refractivity contribution is -0.115. The Morgan fingerprint density at radius 2 is 2.25 bits per heavy atom. The van der Waals surface area contributed by atoms with Crippen molar-refractivity contribution in [1.29, 1.82) is 0 Å². The third kappa shape index (κ3) is 2.60. The molecular formula is C16H23N3O. The number of carbonyl (C=O) groups is 1. The summed E-state index contributed by atoms with van der Waals surface area (Å²) in [5, 5.41) is 6.47. The minimum Gasteiger partial charge on any atom is -0.397 e. The van der Waals surface area contributed by atoms with Crippen molar-refractivity contribution in [3.05, 3.63) is 17.7 Å². The fraction of sp³-hybridized carbons (Fsp3) is 0.562. The highest BCUT2D eigenvalue weighted by molar-refractivity contribution is 6.00. The number of amides is 1. The van der Waals surface area contributed by atoms with Gasteiger partial charge in [-0.15, -0.1) is 0 Å². The summed E-state index contributed by atoms with van der Waals surface area (Å²) in [4.78, 5) is 11.4. The van der Waals surface area contributed by atoms with E-state index in [1.807, 2.05) is 12.1 Å². The number of nitrogens with two attached hydrogens (primary N) is 1. The van der Waals surface area contributed by atoms with Gasteiger partial charge in [0.15, 0.2) is 0 Å². The van der Waals surface area contributed by atoms with Gasteiger partial charge in [-0.1, -0.05) is 26.2 Å². The summed E-state index contributed by atoms with van der Waals surface area (Å²) in [5.74, 6) is 0.886. The van der Waals surface area contributed by atoms with Gasteiger partial charge < -0.3 is 16.4 Å².